The average molecular weight is 515 g/mol. The molecule has 0 spiro atoms. The first-order valence-corrected chi connectivity index (χ1v) is 13.5. The second kappa shape index (κ2) is 9.85. The largest absolute Gasteiger partial charge is 0.481 e. The van der Waals surface area contributed by atoms with Crippen molar-refractivity contribution in [2.45, 2.75) is 98.2 Å². The predicted molar refractivity (Wildman–Crippen MR) is 145 cm³/mol. The summed E-state index contributed by atoms with van der Waals surface area (Å²) >= 11 is 0. The zero-order valence-electron chi connectivity index (χ0n) is 23.4. The zero-order chi connectivity index (χ0) is 28.1. The molecule has 0 aromatic carbocycles. The molecule has 1 fully saturated rings. The van der Waals surface area contributed by atoms with Gasteiger partial charge in [0.2, 0.25) is 0 Å². The molecule has 0 saturated heterocycles. The third kappa shape index (κ3) is 4.87. The van der Waals surface area contributed by atoms with Crippen molar-refractivity contribution in [1.82, 2.24) is 0 Å². The Morgan fingerprint density at radius 3 is 2.24 bits per heavy atom. The summed E-state index contributed by atoms with van der Waals surface area (Å²) in [4.78, 5) is 24.1. The number of hydrogen-bond donors (Lipinski definition) is 4. The van der Waals surface area contributed by atoms with E-state index in [1.807, 2.05) is 6.92 Å². The van der Waals surface area contributed by atoms with Crippen LogP contribution in [0, 0.1) is 34.0 Å². The summed E-state index contributed by atoms with van der Waals surface area (Å²) < 4.78 is 0. The average Bonchev–Trinajstić information content (AvgIpc) is 2.97. The molecule has 3 rings (SSSR count). The molecule has 6 heteroatoms. The van der Waals surface area contributed by atoms with E-state index in [9.17, 15) is 30.0 Å². The number of carboxylic acids is 2. The highest BCUT2D eigenvalue weighted by atomic mass is 16.4. The molecule has 1 saturated carbocycles. The van der Waals surface area contributed by atoms with Gasteiger partial charge in [-0.3, -0.25) is 9.59 Å². The van der Waals surface area contributed by atoms with Gasteiger partial charge in [-0.2, -0.15) is 0 Å². The van der Waals surface area contributed by atoms with Crippen LogP contribution < -0.4 is 0 Å². The van der Waals surface area contributed by atoms with Crippen LogP contribution in [0.2, 0.25) is 0 Å². The summed E-state index contributed by atoms with van der Waals surface area (Å²) in [5.74, 6) is -2.87. The van der Waals surface area contributed by atoms with Gasteiger partial charge in [-0.1, -0.05) is 51.7 Å². The van der Waals surface area contributed by atoms with Gasteiger partial charge in [-0.25, -0.2) is 0 Å². The molecule has 37 heavy (non-hydrogen) atoms. The topological polar surface area (TPSA) is 115 Å². The zero-order valence-corrected chi connectivity index (χ0v) is 23.4. The first-order chi connectivity index (χ1) is 16.9. The highest BCUT2D eigenvalue weighted by Gasteiger charge is 2.65. The van der Waals surface area contributed by atoms with E-state index < -0.39 is 51.7 Å². The number of rotatable bonds is 10. The molecule has 0 heterocycles. The first-order valence-electron chi connectivity index (χ1n) is 13.5. The summed E-state index contributed by atoms with van der Waals surface area (Å²) in [6, 6.07) is 0. The van der Waals surface area contributed by atoms with Crippen molar-refractivity contribution >= 4 is 11.9 Å². The molecule has 6 nitrogen and oxygen atoms in total. The standard InChI is InChI=1S/C31H46O6/c1-18(2)21-11-12-23-22(29(21,6)15-14-25(33)34)13-16-30(7)26(24(32)17-31(23,30)8)20(27(35)36)10-9-19(3)28(4,5)37/h12-13,20-21,24,26,32,37H,1,3,9-11,14-17H2,2,4-8H3,(H,33,34)(H,35,36)/t20?,21-,24+,26-,29-,30+,31-/m0/s1. The number of carbonyl (C=O) groups is 2. The van der Waals surface area contributed by atoms with Gasteiger partial charge in [-0.15, -0.1) is 0 Å². The number of fused-ring (bicyclic) bond motifs is 3. The number of allylic oxidation sites excluding steroid dienone is 5. The van der Waals surface area contributed by atoms with Crippen molar-refractivity contribution < 1.29 is 30.0 Å². The van der Waals surface area contributed by atoms with E-state index in [1.54, 1.807) is 13.8 Å². The van der Waals surface area contributed by atoms with Crippen molar-refractivity contribution in [3.05, 3.63) is 47.6 Å². The summed E-state index contributed by atoms with van der Waals surface area (Å²) in [7, 11) is 0. The minimum atomic E-state index is -1.09. The summed E-state index contributed by atoms with van der Waals surface area (Å²) in [6.45, 7) is 19.9. The Hall–Kier alpha value is -2.18. The lowest BCUT2D eigenvalue weighted by Gasteiger charge is -2.56. The van der Waals surface area contributed by atoms with E-state index in [0.29, 0.717) is 37.7 Å². The number of carboxylic acid groups (broad SMARTS) is 2. The van der Waals surface area contributed by atoms with E-state index in [-0.39, 0.29) is 12.3 Å². The lowest BCUT2D eigenvalue weighted by Crippen LogP contribution is -2.48. The van der Waals surface area contributed by atoms with E-state index in [2.05, 4.69) is 46.1 Å². The third-order valence-corrected chi connectivity index (χ3v) is 10.4. The Kier molecular flexibility index (Phi) is 7.82. The van der Waals surface area contributed by atoms with Crippen molar-refractivity contribution in [2.24, 2.45) is 34.0 Å². The molecule has 0 radical (unpaired) electrons. The maximum atomic E-state index is 12.6. The Labute approximate surface area is 221 Å². The maximum absolute atomic E-state index is 12.6. The van der Waals surface area contributed by atoms with Crippen LogP contribution in [0.1, 0.15) is 86.5 Å². The van der Waals surface area contributed by atoms with Crippen LogP contribution in [0.5, 0.6) is 0 Å². The van der Waals surface area contributed by atoms with Gasteiger partial charge in [-0.05, 0) is 92.8 Å². The van der Waals surface area contributed by atoms with Crippen molar-refractivity contribution in [3.63, 3.8) is 0 Å². The normalized spacial score (nSPS) is 36.1. The molecule has 206 valence electrons. The van der Waals surface area contributed by atoms with Gasteiger partial charge >= 0.3 is 11.9 Å². The highest BCUT2D eigenvalue weighted by molar-refractivity contribution is 5.71. The minimum absolute atomic E-state index is 0.0658. The molecule has 0 amide bonds. The fraction of sp³-hybridized carbons (Fsp3) is 0.677. The Morgan fingerprint density at radius 1 is 1.11 bits per heavy atom. The number of aliphatic hydroxyl groups excluding tert-OH is 1. The van der Waals surface area contributed by atoms with Crippen LogP contribution in [-0.2, 0) is 9.59 Å². The first kappa shape index (κ1) is 29.4. The molecule has 3 aliphatic carbocycles. The molecule has 0 aliphatic heterocycles. The van der Waals surface area contributed by atoms with Gasteiger partial charge in [0, 0.05) is 17.8 Å². The lowest BCUT2D eigenvalue weighted by molar-refractivity contribution is -0.148. The maximum Gasteiger partial charge on any atom is 0.306 e. The Balaban J connectivity index is 2.04. The summed E-state index contributed by atoms with van der Waals surface area (Å²) in [6.07, 6.45) is 6.71. The fourth-order valence-corrected chi connectivity index (χ4v) is 7.86. The van der Waals surface area contributed by atoms with E-state index in [4.69, 9.17) is 0 Å². The Bertz CT molecular complexity index is 1040. The van der Waals surface area contributed by atoms with Crippen LogP contribution in [0.4, 0.5) is 0 Å². The van der Waals surface area contributed by atoms with Crippen LogP contribution in [0.3, 0.4) is 0 Å². The van der Waals surface area contributed by atoms with Gasteiger partial charge in [0.05, 0.1) is 17.6 Å². The molecule has 0 aromatic rings. The molecular weight excluding hydrogens is 468 g/mol. The molecule has 0 bridgehead atoms. The predicted octanol–water partition coefficient (Wildman–Crippen LogP) is 5.91. The number of aliphatic carboxylic acids is 2. The number of hydrogen-bond acceptors (Lipinski definition) is 4. The third-order valence-electron chi connectivity index (χ3n) is 10.4. The van der Waals surface area contributed by atoms with Crippen molar-refractivity contribution in [3.8, 4) is 0 Å². The van der Waals surface area contributed by atoms with E-state index in [1.165, 1.54) is 0 Å². The molecule has 3 aliphatic rings. The number of aliphatic hydroxyl groups is 2. The smallest absolute Gasteiger partial charge is 0.306 e. The molecular formula is C31H46O6. The summed E-state index contributed by atoms with van der Waals surface area (Å²) in [5.41, 5.74) is 1.47. The van der Waals surface area contributed by atoms with Gasteiger partial charge in [0.1, 0.15) is 0 Å². The van der Waals surface area contributed by atoms with Gasteiger partial charge < -0.3 is 20.4 Å². The minimum Gasteiger partial charge on any atom is -0.481 e. The lowest BCUT2D eigenvalue weighted by atomic mass is 9.48. The van der Waals surface area contributed by atoms with Gasteiger partial charge in [0.25, 0.3) is 0 Å². The van der Waals surface area contributed by atoms with Crippen LogP contribution in [-0.4, -0.2) is 44.1 Å². The van der Waals surface area contributed by atoms with Crippen LogP contribution >= 0.6 is 0 Å². The van der Waals surface area contributed by atoms with E-state index in [0.717, 1.165) is 23.1 Å². The second-order valence-corrected chi connectivity index (χ2v) is 13.1. The highest BCUT2D eigenvalue weighted by Crippen LogP contribution is 2.70. The molecule has 1 unspecified atom stereocenters. The van der Waals surface area contributed by atoms with Crippen LogP contribution in [0.15, 0.2) is 47.6 Å². The van der Waals surface area contributed by atoms with Crippen LogP contribution in [0.25, 0.3) is 0 Å². The van der Waals surface area contributed by atoms with Crippen molar-refractivity contribution in [1.29, 1.82) is 0 Å². The molecule has 0 aromatic heterocycles. The second-order valence-electron chi connectivity index (χ2n) is 13.1. The molecule has 7 atom stereocenters. The fourth-order valence-electron chi connectivity index (χ4n) is 7.86. The summed E-state index contributed by atoms with van der Waals surface area (Å²) in [5, 5.41) is 41.5. The van der Waals surface area contributed by atoms with Crippen molar-refractivity contribution in [2.75, 3.05) is 0 Å². The quantitative estimate of drug-likeness (QED) is 0.269. The Morgan fingerprint density at radius 2 is 1.73 bits per heavy atom. The monoisotopic (exact) mass is 514 g/mol. The van der Waals surface area contributed by atoms with E-state index >= 15 is 0 Å². The molecule has 4 N–H and O–H groups in total. The van der Waals surface area contributed by atoms with Gasteiger partial charge in [0.15, 0.2) is 0 Å². The SMILES string of the molecule is C=C(C)[C@@H]1CC=C2C(=CC[C@]3(C)[C@@H](C(CCC(=C)C(C)(C)O)C(=O)O)[C@H](O)C[C@@]23C)[C@@]1(C)CCC(=O)O.